The Kier molecular flexibility index (Phi) is 4.55. The van der Waals surface area contributed by atoms with Gasteiger partial charge in [0, 0.05) is 0 Å². The number of nitrogens with two attached hydrogens (primary N) is 1. The van der Waals surface area contributed by atoms with Crippen LogP contribution in [0, 0.1) is 0 Å². The Morgan fingerprint density at radius 1 is 1.78 bits per heavy atom. The van der Waals surface area contributed by atoms with Crippen LogP contribution in [0.25, 0.3) is 0 Å². The van der Waals surface area contributed by atoms with Crippen LogP contribution in [0.1, 0.15) is 6.92 Å². The molecule has 0 fully saturated rings. The molecule has 0 saturated carbocycles. The summed E-state index contributed by atoms with van der Waals surface area (Å²) in [5.74, 6) is 4.91. The summed E-state index contributed by atoms with van der Waals surface area (Å²) in [5.41, 5.74) is 2.17. The van der Waals surface area contributed by atoms with Gasteiger partial charge >= 0.3 is 0 Å². The predicted molar refractivity (Wildman–Crippen MR) is 31.0 cm³/mol. The molecule has 0 amide bonds. The number of aliphatic hydroxyl groups excluding tert-OH is 2. The van der Waals surface area contributed by atoms with Crippen molar-refractivity contribution in [3.63, 3.8) is 0 Å². The largest absolute Gasteiger partial charge is 0.389 e. The van der Waals surface area contributed by atoms with Crippen LogP contribution in [0.2, 0.25) is 0 Å². The highest BCUT2D eigenvalue weighted by molar-refractivity contribution is 4.55. The number of hydrazine groups is 1. The van der Waals surface area contributed by atoms with Crippen LogP contribution >= 0.6 is 0 Å². The molecule has 0 aliphatic rings. The molecule has 0 bridgehead atoms. The van der Waals surface area contributed by atoms with Gasteiger partial charge in [0.15, 0.2) is 0 Å². The van der Waals surface area contributed by atoms with Crippen LogP contribution in [0.15, 0.2) is 0 Å². The van der Waals surface area contributed by atoms with Crippen LogP contribution in [0.3, 0.4) is 0 Å². The molecule has 2 atom stereocenters. The van der Waals surface area contributed by atoms with Crippen molar-refractivity contribution in [2.45, 2.75) is 19.3 Å². The molecule has 0 aromatic rings. The average Bonchev–Trinajstić information content (AvgIpc) is 1.82. The van der Waals surface area contributed by atoms with Gasteiger partial charge in [0.25, 0.3) is 0 Å². The summed E-state index contributed by atoms with van der Waals surface area (Å²) in [6.07, 6.45) is -1.43. The van der Waals surface area contributed by atoms with Gasteiger partial charge < -0.3 is 14.9 Å². The van der Waals surface area contributed by atoms with E-state index in [-0.39, 0.29) is 0 Å². The van der Waals surface area contributed by atoms with E-state index in [2.05, 4.69) is 10.2 Å². The van der Waals surface area contributed by atoms with Gasteiger partial charge in [-0.05, 0) is 6.92 Å². The third-order valence-electron chi connectivity index (χ3n) is 0.857. The van der Waals surface area contributed by atoms with Crippen LogP contribution < -0.4 is 11.3 Å². The van der Waals surface area contributed by atoms with Crippen molar-refractivity contribution in [2.24, 2.45) is 5.84 Å². The Morgan fingerprint density at radius 2 is 2.33 bits per heavy atom. The van der Waals surface area contributed by atoms with Crippen molar-refractivity contribution in [3.05, 3.63) is 0 Å². The quantitative estimate of drug-likeness (QED) is 0.206. The number of ether oxygens (including phenoxy) is 1. The Bertz CT molecular complexity index is 68.8. The highest BCUT2D eigenvalue weighted by Gasteiger charge is 2.11. The third kappa shape index (κ3) is 3.39. The lowest BCUT2D eigenvalue weighted by Gasteiger charge is -2.17. The van der Waals surface area contributed by atoms with E-state index in [1.807, 2.05) is 0 Å². The fourth-order valence-corrected chi connectivity index (χ4v) is 0.407. The van der Waals surface area contributed by atoms with Gasteiger partial charge in [-0.2, -0.15) is 0 Å². The molecule has 0 heterocycles. The number of nitrogens with one attached hydrogen (secondary N) is 1. The Balaban J connectivity index is 3.41. The Hall–Kier alpha value is -0.200. The Labute approximate surface area is 53.4 Å². The average molecular weight is 136 g/mol. The first-order valence-corrected chi connectivity index (χ1v) is 2.59. The van der Waals surface area contributed by atoms with Gasteiger partial charge in [0.05, 0.1) is 6.10 Å². The zero-order valence-corrected chi connectivity index (χ0v) is 5.24. The van der Waals surface area contributed by atoms with E-state index in [9.17, 15) is 0 Å². The van der Waals surface area contributed by atoms with Crippen molar-refractivity contribution in [2.75, 3.05) is 6.79 Å². The van der Waals surface area contributed by atoms with E-state index in [0.717, 1.165) is 0 Å². The topological polar surface area (TPSA) is 87.7 Å². The lowest BCUT2D eigenvalue weighted by molar-refractivity contribution is -0.107. The minimum atomic E-state index is -0.734. The summed E-state index contributed by atoms with van der Waals surface area (Å²) >= 11 is 0. The first kappa shape index (κ1) is 8.80. The minimum Gasteiger partial charge on any atom is -0.389 e. The van der Waals surface area contributed by atoms with Crippen molar-refractivity contribution in [3.8, 4) is 0 Å². The molecule has 56 valence electrons. The number of hydrogen-bond acceptors (Lipinski definition) is 5. The van der Waals surface area contributed by atoms with Gasteiger partial charge in [0.2, 0.25) is 0 Å². The molecule has 0 saturated heterocycles. The number of rotatable bonds is 4. The van der Waals surface area contributed by atoms with Crippen LogP contribution in [0.4, 0.5) is 0 Å². The van der Waals surface area contributed by atoms with E-state index < -0.39 is 19.1 Å². The normalized spacial score (nSPS) is 17.3. The predicted octanol–water partition coefficient (Wildman–Crippen LogP) is -1.88. The molecule has 0 radical (unpaired) electrons. The number of hydrogen-bond donors (Lipinski definition) is 4. The third-order valence-corrected chi connectivity index (χ3v) is 0.857. The Morgan fingerprint density at radius 3 is 2.44 bits per heavy atom. The minimum absolute atomic E-state index is 0.459. The maximum atomic E-state index is 8.76. The zero-order valence-electron chi connectivity index (χ0n) is 5.24. The molecule has 5 N–H and O–H groups in total. The summed E-state index contributed by atoms with van der Waals surface area (Å²) in [6.45, 7) is 1.04. The van der Waals surface area contributed by atoms with E-state index in [1.165, 1.54) is 6.92 Å². The molecule has 0 aliphatic carbocycles. The highest BCUT2D eigenvalue weighted by Crippen LogP contribution is 1.90. The first-order valence-electron chi connectivity index (χ1n) is 2.59. The molecule has 1 unspecified atom stereocenters. The summed E-state index contributed by atoms with van der Waals surface area (Å²) in [7, 11) is 0. The SMILES string of the molecule is CC(O)[C@H](NN)OCO. The van der Waals surface area contributed by atoms with Gasteiger partial charge in [0.1, 0.15) is 13.0 Å². The van der Waals surface area contributed by atoms with Crippen LogP contribution in [-0.4, -0.2) is 29.3 Å². The molecule has 0 spiro atoms. The maximum absolute atomic E-state index is 8.76. The maximum Gasteiger partial charge on any atom is 0.148 e. The number of aliphatic hydroxyl groups is 2. The standard InChI is InChI=1S/C4H12N2O3/c1-3(8)4(6-5)9-2-7/h3-4,6-8H,2,5H2,1H3/t3?,4-/m1/s1. The van der Waals surface area contributed by atoms with Gasteiger partial charge in [-0.25, -0.2) is 5.43 Å². The zero-order chi connectivity index (χ0) is 7.28. The molecule has 0 rings (SSSR count). The molecule has 0 aromatic heterocycles. The molecule has 9 heavy (non-hydrogen) atoms. The second-order valence-electron chi connectivity index (χ2n) is 1.62. The van der Waals surface area contributed by atoms with E-state index >= 15 is 0 Å². The molecular weight excluding hydrogens is 124 g/mol. The van der Waals surface area contributed by atoms with Crippen molar-refractivity contribution < 1.29 is 14.9 Å². The second-order valence-corrected chi connectivity index (χ2v) is 1.62. The molecule has 0 aromatic carbocycles. The summed E-state index contributed by atoms with van der Waals surface area (Å²) in [6, 6.07) is 0. The van der Waals surface area contributed by atoms with E-state index in [4.69, 9.17) is 16.1 Å². The highest BCUT2D eigenvalue weighted by atomic mass is 16.6. The summed E-state index contributed by atoms with van der Waals surface area (Å²) in [4.78, 5) is 0. The molecule has 5 nitrogen and oxygen atoms in total. The molecule has 0 aliphatic heterocycles. The summed E-state index contributed by atoms with van der Waals surface area (Å²) < 4.78 is 4.52. The molecule has 5 heteroatoms. The van der Waals surface area contributed by atoms with Crippen molar-refractivity contribution in [1.29, 1.82) is 0 Å². The van der Waals surface area contributed by atoms with Gasteiger partial charge in [-0.3, -0.25) is 5.84 Å². The van der Waals surface area contributed by atoms with Gasteiger partial charge in [-0.15, -0.1) is 0 Å². The van der Waals surface area contributed by atoms with E-state index in [0.29, 0.717) is 0 Å². The van der Waals surface area contributed by atoms with Crippen molar-refractivity contribution in [1.82, 2.24) is 5.43 Å². The fraction of sp³-hybridized carbons (Fsp3) is 1.00. The first-order chi connectivity index (χ1) is 4.22. The fourth-order valence-electron chi connectivity index (χ4n) is 0.407. The lowest BCUT2D eigenvalue weighted by atomic mass is 10.4. The van der Waals surface area contributed by atoms with Crippen molar-refractivity contribution >= 4 is 0 Å². The molecular formula is C4H12N2O3. The monoisotopic (exact) mass is 136 g/mol. The van der Waals surface area contributed by atoms with E-state index in [1.54, 1.807) is 0 Å². The van der Waals surface area contributed by atoms with Crippen LogP contribution in [0.5, 0.6) is 0 Å². The summed E-state index contributed by atoms with van der Waals surface area (Å²) in [5, 5.41) is 17.0. The lowest BCUT2D eigenvalue weighted by Crippen LogP contribution is -2.44. The van der Waals surface area contributed by atoms with Gasteiger partial charge in [-0.1, -0.05) is 0 Å². The smallest absolute Gasteiger partial charge is 0.148 e. The second kappa shape index (κ2) is 4.66. The van der Waals surface area contributed by atoms with Crippen LogP contribution in [-0.2, 0) is 4.74 Å².